The van der Waals surface area contributed by atoms with Gasteiger partial charge in [0, 0.05) is 30.4 Å². The van der Waals surface area contributed by atoms with Gasteiger partial charge in [-0.25, -0.2) is 4.98 Å². The van der Waals surface area contributed by atoms with Crippen molar-refractivity contribution in [2.45, 2.75) is 45.1 Å². The molecule has 1 atom stereocenters. The standard InChI is InChI=1S/C26H27N5S/c1-16-5-6-23-17(2)22(8-7-21(16)23)18-4-3-9-31(14-18)15-20-13-30-26(32-20)25-10-24(28)19(11-27)12-29-25/h7-8,10,12-13,18H,1,3-6,9,14-15H2,2H3,(H2,28,29)/t18-/m0/s1. The summed E-state index contributed by atoms with van der Waals surface area (Å²) in [5, 5.41) is 9.90. The number of pyridine rings is 1. The number of fused-ring (bicyclic) bond motifs is 1. The third-order valence-electron chi connectivity index (χ3n) is 6.85. The Bertz CT molecular complexity index is 1240. The minimum absolute atomic E-state index is 0.399. The van der Waals surface area contributed by atoms with E-state index in [9.17, 15) is 0 Å². The number of piperidine rings is 1. The van der Waals surface area contributed by atoms with Gasteiger partial charge >= 0.3 is 0 Å². The summed E-state index contributed by atoms with van der Waals surface area (Å²) in [6, 6.07) is 8.45. The summed E-state index contributed by atoms with van der Waals surface area (Å²) < 4.78 is 0. The van der Waals surface area contributed by atoms with Crippen LogP contribution in [0.2, 0.25) is 0 Å². The van der Waals surface area contributed by atoms with Crippen LogP contribution in [-0.2, 0) is 13.0 Å². The molecule has 1 aliphatic carbocycles. The molecular formula is C26H27N5S. The molecule has 0 radical (unpaired) electrons. The molecule has 3 heterocycles. The number of nitrogen functional groups attached to an aromatic ring is 1. The van der Waals surface area contributed by atoms with E-state index in [4.69, 9.17) is 11.0 Å². The van der Waals surface area contributed by atoms with Gasteiger partial charge in [-0.2, -0.15) is 5.26 Å². The largest absolute Gasteiger partial charge is 0.398 e. The van der Waals surface area contributed by atoms with E-state index >= 15 is 0 Å². The molecule has 0 spiro atoms. The van der Waals surface area contributed by atoms with E-state index in [-0.39, 0.29) is 0 Å². The number of rotatable bonds is 4. The average Bonchev–Trinajstić information content (AvgIpc) is 3.41. The first-order valence-electron chi connectivity index (χ1n) is 11.2. The molecule has 1 fully saturated rings. The lowest BCUT2D eigenvalue weighted by molar-refractivity contribution is 0.201. The van der Waals surface area contributed by atoms with E-state index in [1.165, 1.54) is 51.7 Å². The molecule has 6 heteroatoms. The SMILES string of the molecule is C=C1CCc2c1ccc([C@H]1CCCN(Cc3cnc(-c4cc(N)c(C#N)cn4)s3)C1)c2C. The molecule has 1 aliphatic heterocycles. The van der Waals surface area contributed by atoms with Gasteiger partial charge in [0.15, 0.2) is 0 Å². The quantitative estimate of drug-likeness (QED) is 0.594. The smallest absolute Gasteiger partial charge is 0.142 e. The van der Waals surface area contributed by atoms with Gasteiger partial charge in [-0.3, -0.25) is 9.88 Å². The first-order valence-corrected chi connectivity index (χ1v) is 12.0. The Kier molecular flexibility index (Phi) is 5.54. The average molecular weight is 442 g/mol. The Morgan fingerprint density at radius 1 is 1.28 bits per heavy atom. The van der Waals surface area contributed by atoms with E-state index in [0.29, 0.717) is 17.2 Å². The summed E-state index contributed by atoms with van der Waals surface area (Å²) >= 11 is 1.66. The van der Waals surface area contributed by atoms with Crippen LogP contribution in [0.3, 0.4) is 0 Å². The second kappa shape index (κ2) is 8.50. The Morgan fingerprint density at radius 3 is 2.97 bits per heavy atom. The minimum atomic E-state index is 0.399. The van der Waals surface area contributed by atoms with Gasteiger partial charge in [-0.15, -0.1) is 11.3 Å². The monoisotopic (exact) mass is 441 g/mol. The molecular weight excluding hydrogens is 414 g/mol. The van der Waals surface area contributed by atoms with Crippen LogP contribution in [0, 0.1) is 18.3 Å². The van der Waals surface area contributed by atoms with Crippen molar-refractivity contribution in [2.24, 2.45) is 0 Å². The van der Waals surface area contributed by atoms with Crippen molar-refractivity contribution in [3.05, 3.63) is 69.9 Å². The highest BCUT2D eigenvalue weighted by molar-refractivity contribution is 7.15. The van der Waals surface area contributed by atoms with Gasteiger partial charge < -0.3 is 5.73 Å². The maximum absolute atomic E-state index is 9.05. The number of thiazole rings is 1. The topological polar surface area (TPSA) is 78.8 Å². The first kappa shape index (κ1) is 20.9. The fourth-order valence-corrected chi connectivity index (χ4v) is 6.06. The van der Waals surface area contributed by atoms with Crippen molar-refractivity contribution >= 4 is 22.6 Å². The molecule has 3 aromatic rings. The summed E-state index contributed by atoms with van der Waals surface area (Å²) in [6.45, 7) is 9.64. The highest BCUT2D eigenvalue weighted by Gasteiger charge is 2.26. The minimum Gasteiger partial charge on any atom is -0.398 e. The molecule has 0 bridgehead atoms. The molecule has 2 aliphatic rings. The fourth-order valence-electron chi connectivity index (χ4n) is 5.13. The number of nitrogens with zero attached hydrogens (tertiary/aromatic N) is 4. The third kappa shape index (κ3) is 3.83. The number of aromatic nitrogens is 2. The highest BCUT2D eigenvalue weighted by atomic mass is 32.1. The third-order valence-corrected chi connectivity index (χ3v) is 7.86. The van der Waals surface area contributed by atoms with Gasteiger partial charge in [0.1, 0.15) is 16.8 Å². The Morgan fingerprint density at radius 2 is 2.16 bits per heavy atom. The molecule has 2 N–H and O–H groups in total. The number of benzene rings is 1. The number of nitriles is 1. The molecule has 1 saturated heterocycles. The molecule has 162 valence electrons. The molecule has 5 rings (SSSR count). The van der Waals surface area contributed by atoms with E-state index in [0.717, 1.165) is 43.2 Å². The fraction of sp³-hybridized carbons (Fsp3) is 0.346. The van der Waals surface area contributed by atoms with Gasteiger partial charge in [-0.05, 0) is 79.0 Å². The van der Waals surface area contributed by atoms with Crippen LogP contribution in [0.5, 0.6) is 0 Å². The predicted octanol–water partition coefficient (Wildman–Crippen LogP) is 5.31. The molecule has 32 heavy (non-hydrogen) atoms. The van der Waals surface area contributed by atoms with E-state index < -0.39 is 0 Å². The number of hydrogen-bond donors (Lipinski definition) is 1. The van der Waals surface area contributed by atoms with Crippen molar-refractivity contribution in [3.8, 4) is 16.8 Å². The molecule has 5 nitrogen and oxygen atoms in total. The zero-order valence-corrected chi connectivity index (χ0v) is 19.2. The van der Waals surface area contributed by atoms with Crippen LogP contribution in [0.15, 0.2) is 37.2 Å². The van der Waals surface area contributed by atoms with Crippen molar-refractivity contribution < 1.29 is 0 Å². The van der Waals surface area contributed by atoms with Gasteiger partial charge in [0.05, 0.1) is 11.3 Å². The van der Waals surface area contributed by atoms with Crippen LogP contribution in [0.25, 0.3) is 16.3 Å². The lowest BCUT2D eigenvalue weighted by Gasteiger charge is -2.33. The van der Waals surface area contributed by atoms with Crippen molar-refractivity contribution in [3.63, 3.8) is 0 Å². The molecule has 0 amide bonds. The Balaban J connectivity index is 1.30. The van der Waals surface area contributed by atoms with Crippen molar-refractivity contribution in [1.29, 1.82) is 5.26 Å². The summed E-state index contributed by atoms with van der Waals surface area (Å²) in [7, 11) is 0. The van der Waals surface area contributed by atoms with E-state index in [2.05, 4.69) is 46.6 Å². The van der Waals surface area contributed by atoms with Crippen molar-refractivity contribution in [2.75, 3.05) is 18.8 Å². The second-order valence-corrected chi connectivity index (χ2v) is 10.00. The number of anilines is 1. The van der Waals surface area contributed by atoms with Crippen LogP contribution in [0.4, 0.5) is 5.69 Å². The molecule has 2 aromatic heterocycles. The Hall–Kier alpha value is -3.01. The zero-order chi connectivity index (χ0) is 22.2. The van der Waals surface area contributed by atoms with Crippen LogP contribution in [0.1, 0.15) is 57.9 Å². The van der Waals surface area contributed by atoms with Crippen LogP contribution < -0.4 is 5.73 Å². The maximum atomic E-state index is 9.05. The second-order valence-electron chi connectivity index (χ2n) is 8.88. The van der Waals surface area contributed by atoms with Gasteiger partial charge in [0.25, 0.3) is 0 Å². The molecule has 0 unspecified atom stereocenters. The van der Waals surface area contributed by atoms with Gasteiger partial charge in [0.2, 0.25) is 0 Å². The summed E-state index contributed by atoms with van der Waals surface area (Å²) in [6.07, 6.45) is 8.18. The molecule has 0 saturated carbocycles. The summed E-state index contributed by atoms with van der Waals surface area (Å²) in [5.41, 5.74) is 14.7. The van der Waals surface area contributed by atoms with Crippen LogP contribution in [-0.4, -0.2) is 28.0 Å². The van der Waals surface area contributed by atoms with Gasteiger partial charge in [-0.1, -0.05) is 18.7 Å². The lowest BCUT2D eigenvalue weighted by atomic mass is 9.85. The maximum Gasteiger partial charge on any atom is 0.142 e. The lowest BCUT2D eigenvalue weighted by Crippen LogP contribution is -2.34. The normalized spacial score (nSPS) is 18.5. The summed E-state index contributed by atoms with van der Waals surface area (Å²) in [4.78, 5) is 12.7. The number of nitrogens with two attached hydrogens (primary N) is 1. The first-order chi connectivity index (χ1) is 15.5. The predicted molar refractivity (Wildman–Crippen MR) is 130 cm³/mol. The van der Waals surface area contributed by atoms with Crippen molar-refractivity contribution in [1.82, 2.24) is 14.9 Å². The Labute approximate surface area is 193 Å². The van der Waals surface area contributed by atoms with E-state index in [1.807, 2.05) is 6.20 Å². The zero-order valence-electron chi connectivity index (χ0n) is 18.4. The number of likely N-dealkylation sites (tertiary alicyclic amines) is 1. The highest BCUT2D eigenvalue weighted by Crippen LogP contribution is 2.38. The van der Waals surface area contributed by atoms with Crippen LogP contribution >= 0.6 is 11.3 Å². The summed E-state index contributed by atoms with van der Waals surface area (Å²) in [5.74, 6) is 0.579. The molecule has 1 aromatic carbocycles. The number of allylic oxidation sites excluding steroid dienone is 1. The number of hydrogen-bond acceptors (Lipinski definition) is 6. The van der Waals surface area contributed by atoms with E-state index in [1.54, 1.807) is 17.4 Å².